The molecule has 244 valence electrons. The molecule has 4 rings (SSSR count). The second kappa shape index (κ2) is 17.8. The van der Waals surface area contributed by atoms with Crippen molar-refractivity contribution in [1.82, 2.24) is 19.4 Å². The predicted octanol–water partition coefficient (Wildman–Crippen LogP) is 8.66. The lowest BCUT2D eigenvalue weighted by Gasteiger charge is -2.18. The molecule has 0 bridgehead atoms. The fraction of sp³-hybridized carbons (Fsp3) is 0.486. The van der Waals surface area contributed by atoms with E-state index in [1.54, 1.807) is 12.1 Å². The number of imidazole rings is 1. The Labute approximate surface area is 268 Å². The molecule has 0 saturated carbocycles. The average molecular weight is 619 g/mol. The first-order valence-corrected chi connectivity index (χ1v) is 16.8. The molecular weight excluding hydrogens is 567 g/mol. The van der Waals surface area contributed by atoms with Crippen LogP contribution in [-0.2, 0) is 6.54 Å². The molecule has 4 aromatic rings. The highest BCUT2D eigenvalue weighted by Crippen LogP contribution is 2.36. The van der Waals surface area contributed by atoms with Crippen molar-refractivity contribution in [1.29, 1.82) is 0 Å². The normalized spacial score (nSPS) is 11.6. The molecule has 0 aliphatic carbocycles. The van der Waals surface area contributed by atoms with Crippen LogP contribution in [0.3, 0.4) is 0 Å². The summed E-state index contributed by atoms with van der Waals surface area (Å²) in [6.07, 6.45) is 3.99. The van der Waals surface area contributed by atoms with E-state index in [0.717, 1.165) is 105 Å². The van der Waals surface area contributed by atoms with Crippen molar-refractivity contribution in [2.45, 2.75) is 66.8 Å². The van der Waals surface area contributed by atoms with Gasteiger partial charge < -0.3 is 28.6 Å². The van der Waals surface area contributed by atoms with Gasteiger partial charge in [-0.25, -0.2) is 9.37 Å². The van der Waals surface area contributed by atoms with Gasteiger partial charge in [0.2, 0.25) is 0 Å². The van der Waals surface area contributed by atoms with Crippen molar-refractivity contribution in [2.75, 3.05) is 52.5 Å². The lowest BCUT2D eigenvalue weighted by molar-refractivity contribution is 0.243. The Morgan fingerprint density at radius 1 is 0.711 bits per heavy atom. The zero-order valence-electron chi connectivity index (χ0n) is 27.9. The van der Waals surface area contributed by atoms with Crippen LogP contribution in [0.5, 0.6) is 23.0 Å². The third kappa shape index (κ3) is 9.68. The van der Waals surface area contributed by atoms with E-state index in [1.165, 1.54) is 12.1 Å². The molecule has 0 atom stereocenters. The lowest BCUT2D eigenvalue weighted by atomic mass is 10.2. The van der Waals surface area contributed by atoms with Gasteiger partial charge in [-0.1, -0.05) is 47.1 Å². The van der Waals surface area contributed by atoms with E-state index in [9.17, 15) is 4.39 Å². The molecule has 0 aliphatic rings. The number of hydrogen-bond donors (Lipinski definition) is 0. The quantitative estimate of drug-likeness (QED) is 0.0924. The first-order valence-electron chi connectivity index (χ1n) is 16.8. The minimum absolute atomic E-state index is 0.327. The Kier molecular flexibility index (Phi) is 13.5. The fourth-order valence-corrected chi connectivity index (χ4v) is 5.49. The number of aryl methyl sites for hydroxylation is 1. The van der Waals surface area contributed by atoms with Crippen LogP contribution in [0.4, 0.5) is 4.39 Å². The summed E-state index contributed by atoms with van der Waals surface area (Å²) in [6, 6.07) is 18.1. The minimum atomic E-state index is -0.327. The SMILES string of the molecule is CCCCn1c(-c2ccc(Oc3cccc(F)c3)cc2)nc2c(OCCCN(CC)CC)cc(OCCCN(CC)CC)cc21. The Morgan fingerprint density at radius 2 is 1.38 bits per heavy atom. The fourth-order valence-electron chi connectivity index (χ4n) is 5.49. The van der Waals surface area contributed by atoms with E-state index in [-0.39, 0.29) is 5.82 Å². The molecule has 1 heterocycles. The molecule has 7 nitrogen and oxygen atoms in total. The van der Waals surface area contributed by atoms with E-state index in [0.29, 0.717) is 24.7 Å². The molecule has 3 aromatic carbocycles. The van der Waals surface area contributed by atoms with E-state index < -0.39 is 0 Å². The molecule has 0 N–H and O–H groups in total. The molecule has 0 aliphatic heterocycles. The van der Waals surface area contributed by atoms with Crippen LogP contribution in [0, 0.1) is 5.82 Å². The smallest absolute Gasteiger partial charge is 0.150 e. The van der Waals surface area contributed by atoms with Gasteiger partial charge >= 0.3 is 0 Å². The van der Waals surface area contributed by atoms with Gasteiger partial charge in [0, 0.05) is 43.4 Å². The summed E-state index contributed by atoms with van der Waals surface area (Å²) in [5.74, 6) is 3.22. The van der Waals surface area contributed by atoms with Gasteiger partial charge in [0.15, 0.2) is 5.75 Å². The zero-order valence-corrected chi connectivity index (χ0v) is 27.9. The lowest BCUT2D eigenvalue weighted by Crippen LogP contribution is -2.25. The standard InChI is InChI=1S/C37H51FN4O3/c1-6-11-23-42-34-27-33(43-24-13-21-40(7-2)8-3)28-35(44-25-14-22-41(9-4)10-5)36(34)39-37(42)29-17-19-31(20-18-29)45-32-16-12-15-30(38)26-32/h12,15-20,26-28H,6-11,13-14,21-25H2,1-5H3. The third-order valence-electron chi connectivity index (χ3n) is 8.22. The van der Waals surface area contributed by atoms with Crippen LogP contribution in [0.2, 0.25) is 0 Å². The van der Waals surface area contributed by atoms with Gasteiger partial charge in [-0.3, -0.25) is 0 Å². The monoisotopic (exact) mass is 618 g/mol. The molecule has 0 fully saturated rings. The molecule has 0 unspecified atom stereocenters. The maximum absolute atomic E-state index is 13.7. The van der Waals surface area contributed by atoms with Crippen molar-refractivity contribution >= 4 is 11.0 Å². The Hall–Kier alpha value is -3.62. The Morgan fingerprint density at radius 3 is 2.00 bits per heavy atom. The minimum Gasteiger partial charge on any atom is -0.493 e. The first-order chi connectivity index (χ1) is 22.0. The molecule has 45 heavy (non-hydrogen) atoms. The number of ether oxygens (including phenoxy) is 3. The van der Waals surface area contributed by atoms with Crippen LogP contribution < -0.4 is 14.2 Å². The summed E-state index contributed by atoms with van der Waals surface area (Å²) in [7, 11) is 0. The highest BCUT2D eigenvalue weighted by molar-refractivity contribution is 5.87. The second-order valence-electron chi connectivity index (χ2n) is 11.3. The van der Waals surface area contributed by atoms with E-state index in [1.807, 2.05) is 30.3 Å². The molecule has 8 heteroatoms. The molecule has 0 amide bonds. The maximum Gasteiger partial charge on any atom is 0.150 e. The van der Waals surface area contributed by atoms with Crippen molar-refractivity contribution in [2.24, 2.45) is 0 Å². The third-order valence-corrected chi connectivity index (χ3v) is 8.22. The number of hydrogen-bond acceptors (Lipinski definition) is 6. The molecule has 0 saturated heterocycles. The van der Waals surface area contributed by atoms with Gasteiger partial charge in [0.05, 0.1) is 18.7 Å². The number of nitrogens with zero attached hydrogens (tertiary/aromatic N) is 4. The van der Waals surface area contributed by atoms with Crippen molar-refractivity contribution in [3.8, 4) is 34.4 Å². The number of fused-ring (bicyclic) bond motifs is 1. The summed E-state index contributed by atoms with van der Waals surface area (Å²) in [5, 5.41) is 0. The van der Waals surface area contributed by atoms with Crippen LogP contribution in [0.1, 0.15) is 60.3 Å². The van der Waals surface area contributed by atoms with Crippen LogP contribution in [-0.4, -0.2) is 71.8 Å². The van der Waals surface area contributed by atoms with E-state index in [2.05, 4.69) is 55.1 Å². The van der Waals surface area contributed by atoms with Crippen molar-refractivity contribution < 1.29 is 18.6 Å². The summed E-state index contributed by atoms with van der Waals surface area (Å²) in [4.78, 5) is 9.99. The largest absolute Gasteiger partial charge is 0.493 e. The highest BCUT2D eigenvalue weighted by Gasteiger charge is 2.19. The summed E-state index contributed by atoms with van der Waals surface area (Å²) < 4.78 is 34.6. The molecule has 0 radical (unpaired) electrons. The summed E-state index contributed by atoms with van der Waals surface area (Å²) >= 11 is 0. The maximum atomic E-state index is 13.7. The van der Waals surface area contributed by atoms with Gasteiger partial charge in [0.25, 0.3) is 0 Å². The molecular formula is C37H51FN4O3. The topological polar surface area (TPSA) is 52.0 Å². The second-order valence-corrected chi connectivity index (χ2v) is 11.3. The number of rotatable bonds is 20. The summed E-state index contributed by atoms with van der Waals surface area (Å²) in [5.41, 5.74) is 2.83. The summed E-state index contributed by atoms with van der Waals surface area (Å²) in [6.45, 7) is 19.2. The van der Waals surface area contributed by atoms with Crippen LogP contribution in [0.15, 0.2) is 60.7 Å². The zero-order chi connectivity index (χ0) is 32.0. The number of aromatic nitrogens is 2. The van der Waals surface area contributed by atoms with Gasteiger partial charge in [0.1, 0.15) is 34.4 Å². The average Bonchev–Trinajstić information content (AvgIpc) is 3.42. The first kappa shape index (κ1) is 34.3. The number of unbranched alkanes of at least 4 members (excludes halogenated alkanes) is 1. The van der Waals surface area contributed by atoms with Crippen LogP contribution in [0.25, 0.3) is 22.4 Å². The number of halogens is 1. The Balaban J connectivity index is 1.63. The number of benzene rings is 3. The van der Waals surface area contributed by atoms with Gasteiger partial charge in [-0.2, -0.15) is 0 Å². The van der Waals surface area contributed by atoms with Crippen molar-refractivity contribution in [3.63, 3.8) is 0 Å². The van der Waals surface area contributed by atoms with Crippen molar-refractivity contribution in [3.05, 3.63) is 66.5 Å². The van der Waals surface area contributed by atoms with Gasteiger partial charge in [-0.15, -0.1) is 0 Å². The van der Waals surface area contributed by atoms with E-state index >= 15 is 0 Å². The van der Waals surface area contributed by atoms with Crippen LogP contribution >= 0.6 is 0 Å². The molecule has 1 aromatic heterocycles. The Bertz CT molecular complexity index is 1450. The molecule has 0 spiro atoms. The van der Waals surface area contributed by atoms with Gasteiger partial charge in [-0.05, 0) is 81.8 Å². The highest BCUT2D eigenvalue weighted by atomic mass is 19.1. The predicted molar refractivity (Wildman–Crippen MR) is 182 cm³/mol. The van der Waals surface area contributed by atoms with E-state index in [4.69, 9.17) is 19.2 Å².